The smallest absolute Gasteiger partial charge is 1.00 e. The molecule has 3 heteroatoms. The van der Waals surface area contributed by atoms with Gasteiger partial charge in [-0.1, -0.05) is 0 Å². The maximum Gasteiger partial charge on any atom is 2.00 e. The summed E-state index contributed by atoms with van der Waals surface area (Å²) in [5, 5.41) is 0. The number of rotatable bonds is 0. The average Bonchev–Trinajstić information content (AvgIpc) is 0.918. The minimum Gasteiger partial charge on any atom is -1.00 e. The molecule has 2 nitrogen and oxygen atoms in total. The van der Waals surface area contributed by atoms with Crippen LogP contribution in [0.2, 0.25) is 0 Å². The summed E-state index contributed by atoms with van der Waals surface area (Å²) in [6.07, 6.45) is 0.750. The molecule has 0 fully saturated rings. The third kappa shape index (κ3) is 36.9. The Kier molecular flexibility index (Phi) is 62.0. The standard InChI is InChI=1S/C2H4O.Ba.H2O.2H/c1-2-3;;;;/h2H,1H3;;1H2;;/q;+2;;2*-1. The zero-order chi connectivity index (χ0) is 2.71. The number of carbonyl (C=O) groups is 1. The second kappa shape index (κ2) is 18.9. The van der Waals surface area contributed by atoms with Crippen LogP contribution in [-0.4, -0.2) is 60.6 Å². The molecule has 2 N–H and O–H groups in total. The van der Waals surface area contributed by atoms with E-state index in [1.165, 1.54) is 6.92 Å². The van der Waals surface area contributed by atoms with Gasteiger partial charge in [0.05, 0.1) is 0 Å². The Hall–Kier alpha value is 1.20. The molecule has 5 heavy (non-hydrogen) atoms. The van der Waals surface area contributed by atoms with Gasteiger partial charge in [0.25, 0.3) is 0 Å². The molecule has 0 heterocycles. The van der Waals surface area contributed by atoms with E-state index < -0.39 is 0 Å². The molecule has 0 bridgehead atoms. The van der Waals surface area contributed by atoms with Crippen LogP contribution in [0.5, 0.6) is 0 Å². The van der Waals surface area contributed by atoms with Crippen molar-refractivity contribution >= 4 is 55.2 Å². The van der Waals surface area contributed by atoms with E-state index in [0.29, 0.717) is 0 Å². The Balaban J connectivity index is -0.00000000333. The molecule has 0 aromatic rings. The van der Waals surface area contributed by atoms with Gasteiger partial charge >= 0.3 is 48.9 Å². The third-order valence-corrected chi connectivity index (χ3v) is 0. The molecule has 0 aromatic heterocycles. The summed E-state index contributed by atoms with van der Waals surface area (Å²) in [6.45, 7) is 1.44. The summed E-state index contributed by atoms with van der Waals surface area (Å²) in [5.74, 6) is 0. The molecule has 0 spiro atoms. The molecule has 0 aliphatic carbocycles. The van der Waals surface area contributed by atoms with Crippen molar-refractivity contribution in [1.29, 1.82) is 0 Å². The largest absolute Gasteiger partial charge is 2.00 e. The first kappa shape index (κ1) is 16.4. The molecule has 0 aromatic carbocycles. The Bertz CT molecular complexity index is 21.2. The van der Waals surface area contributed by atoms with E-state index in [4.69, 9.17) is 4.79 Å². The van der Waals surface area contributed by atoms with E-state index in [0.717, 1.165) is 6.29 Å². The van der Waals surface area contributed by atoms with Gasteiger partial charge < -0.3 is 13.1 Å². The topological polar surface area (TPSA) is 48.6 Å². The van der Waals surface area contributed by atoms with Crippen LogP contribution >= 0.6 is 0 Å². The van der Waals surface area contributed by atoms with Crippen LogP contribution in [0, 0.1) is 0 Å². The van der Waals surface area contributed by atoms with Crippen molar-refractivity contribution in [2.24, 2.45) is 0 Å². The van der Waals surface area contributed by atoms with Crippen molar-refractivity contribution in [2.45, 2.75) is 6.92 Å². The zero-order valence-electron chi connectivity index (χ0n) is 5.19. The van der Waals surface area contributed by atoms with Gasteiger partial charge in [-0.15, -0.1) is 0 Å². The van der Waals surface area contributed by atoms with Crippen LogP contribution in [-0.2, 0) is 4.79 Å². The van der Waals surface area contributed by atoms with E-state index in [2.05, 4.69) is 0 Å². The predicted octanol–water partition coefficient (Wildman–Crippen LogP) is -0.775. The van der Waals surface area contributed by atoms with Crippen LogP contribution in [0.4, 0.5) is 0 Å². The van der Waals surface area contributed by atoms with Crippen molar-refractivity contribution in [3.8, 4) is 0 Å². The van der Waals surface area contributed by atoms with Crippen molar-refractivity contribution in [2.75, 3.05) is 0 Å². The van der Waals surface area contributed by atoms with Crippen LogP contribution < -0.4 is 0 Å². The maximum atomic E-state index is 8.81. The average molecular weight is 201 g/mol. The number of aldehydes is 1. The number of carbonyl (C=O) groups excluding carboxylic acids is 1. The van der Waals surface area contributed by atoms with Crippen LogP contribution in [0.25, 0.3) is 0 Å². The Morgan fingerprint density at radius 2 is 1.80 bits per heavy atom. The first-order chi connectivity index (χ1) is 1.41. The first-order valence-electron chi connectivity index (χ1n) is 0.813. The second-order valence-corrected chi connectivity index (χ2v) is 0.236. The van der Waals surface area contributed by atoms with Crippen LogP contribution in [0.1, 0.15) is 9.78 Å². The number of hydrogen-bond donors (Lipinski definition) is 0. The summed E-state index contributed by atoms with van der Waals surface area (Å²) in [7, 11) is 0. The van der Waals surface area contributed by atoms with E-state index in [-0.39, 0.29) is 57.2 Å². The van der Waals surface area contributed by atoms with Gasteiger partial charge in [0.1, 0.15) is 6.29 Å². The van der Waals surface area contributed by atoms with Crippen molar-refractivity contribution in [3.63, 3.8) is 0 Å². The normalized spacial score (nSPS) is 2.60. The second-order valence-electron chi connectivity index (χ2n) is 0.236. The molecule has 30 valence electrons. The van der Waals surface area contributed by atoms with Gasteiger partial charge in [0.2, 0.25) is 0 Å². The van der Waals surface area contributed by atoms with Crippen molar-refractivity contribution < 1.29 is 13.1 Å². The van der Waals surface area contributed by atoms with E-state index >= 15 is 0 Å². The summed E-state index contributed by atoms with van der Waals surface area (Å²) >= 11 is 0. The SMILES string of the molecule is CC=O.O.[Ba+2].[H-].[H-]. The quantitative estimate of drug-likeness (QED) is 0.375. The zero-order valence-corrected chi connectivity index (χ0v) is 7.63. The Morgan fingerprint density at radius 1 is 1.80 bits per heavy atom. The Labute approximate surface area is 74.3 Å². The van der Waals surface area contributed by atoms with Crippen LogP contribution in [0.15, 0.2) is 0 Å². The molecular weight excluding hydrogens is 193 g/mol. The van der Waals surface area contributed by atoms with Gasteiger partial charge in [0, 0.05) is 0 Å². The van der Waals surface area contributed by atoms with Gasteiger partial charge in [-0.2, -0.15) is 0 Å². The molecule has 0 saturated heterocycles. The molecule has 0 rings (SSSR count). The van der Waals surface area contributed by atoms with Crippen molar-refractivity contribution in [3.05, 3.63) is 0 Å². The summed E-state index contributed by atoms with van der Waals surface area (Å²) < 4.78 is 0. The fourth-order valence-corrected chi connectivity index (χ4v) is 0. The minimum absolute atomic E-state index is 0. The van der Waals surface area contributed by atoms with E-state index in [1.807, 2.05) is 0 Å². The molecular formula is C2H8BaO2. The Morgan fingerprint density at radius 3 is 1.80 bits per heavy atom. The molecule has 0 unspecified atom stereocenters. The molecule has 0 aliphatic heterocycles. The third-order valence-electron chi connectivity index (χ3n) is 0. The minimum atomic E-state index is 0. The van der Waals surface area contributed by atoms with Gasteiger partial charge in [-0.05, 0) is 6.92 Å². The monoisotopic (exact) mass is 202 g/mol. The molecule has 0 saturated carbocycles. The van der Waals surface area contributed by atoms with Crippen molar-refractivity contribution in [1.82, 2.24) is 0 Å². The fraction of sp³-hybridized carbons (Fsp3) is 0.500. The summed E-state index contributed by atoms with van der Waals surface area (Å²) in [6, 6.07) is 0. The van der Waals surface area contributed by atoms with Crippen LogP contribution in [0.3, 0.4) is 0 Å². The predicted molar refractivity (Wildman–Crippen MR) is 23.3 cm³/mol. The van der Waals surface area contributed by atoms with E-state index in [9.17, 15) is 0 Å². The van der Waals surface area contributed by atoms with E-state index in [1.54, 1.807) is 0 Å². The molecule has 0 radical (unpaired) electrons. The fourth-order valence-electron chi connectivity index (χ4n) is 0. The van der Waals surface area contributed by atoms with Gasteiger partial charge in [-0.25, -0.2) is 0 Å². The maximum absolute atomic E-state index is 8.81. The number of hydrogen-bond acceptors (Lipinski definition) is 1. The summed E-state index contributed by atoms with van der Waals surface area (Å²) in [5.41, 5.74) is 0. The molecule has 0 aliphatic rings. The van der Waals surface area contributed by atoms with Gasteiger partial charge in [0.15, 0.2) is 0 Å². The molecule has 0 atom stereocenters. The first-order valence-corrected chi connectivity index (χ1v) is 0.813. The molecule has 0 amide bonds. The van der Waals surface area contributed by atoms with Gasteiger partial charge in [-0.3, -0.25) is 0 Å². The summed E-state index contributed by atoms with van der Waals surface area (Å²) in [4.78, 5) is 8.81.